The monoisotopic (exact) mass is 664 g/mol. The fourth-order valence-electron chi connectivity index (χ4n) is 7.20. The topological polar surface area (TPSA) is 6.48 Å². The first-order valence-electron chi connectivity index (χ1n) is 18.3. The van der Waals surface area contributed by atoms with Crippen LogP contribution in [-0.2, 0) is 5.41 Å². The molecule has 254 valence electrons. The Balaban J connectivity index is 1.51. The van der Waals surface area contributed by atoms with Gasteiger partial charge in [0.25, 0.3) is 0 Å². The summed E-state index contributed by atoms with van der Waals surface area (Å²) in [7, 11) is 2.17. The van der Waals surface area contributed by atoms with Crippen molar-refractivity contribution in [2.75, 3.05) is 16.8 Å². The van der Waals surface area contributed by atoms with E-state index in [0.717, 1.165) is 41.3 Å². The molecule has 2 nitrogen and oxygen atoms in total. The van der Waals surface area contributed by atoms with Crippen LogP contribution in [0.1, 0.15) is 50.3 Å². The van der Waals surface area contributed by atoms with E-state index in [1.165, 1.54) is 49.7 Å². The lowest BCUT2D eigenvalue weighted by molar-refractivity contribution is 0.439. The molecule has 0 aliphatic carbocycles. The van der Waals surface area contributed by atoms with Crippen LogP contribution < -0.4 is 9.80 Å². The Morgan fingerprint density at radius 3 is 1.33 bits per heavy atom. The maximum Gasteiger partial charge on any atom is 0.0474 e. The zero-order valence-electron chi connectivity index (χ0n) is 30.8. The Morgan fingerprint density at radius 2 is 0.863 bits per heavy atom. The lowest BCUT2D eigenvalue weighted by Gasteiger charge is -2.30. The predicted octanol–water partition coefficient (Wildman–Crippen LogP) is 14.1. The minimum Gasteiger partial charge on any atom is -0.345 e. The standard InChI is InChI=1S/C49H48N2/c1-7-49(5,8-2)39-23-29-42(30-24-39)51(41-27-21-36(4)22-28-41)44-33-46(38-17-13-10-14-18-38)47-32-43(50(6)40-25-19-35(3)20-26-40)31-45(48(47)34-44)37-15-11-9-12-16-37/h9-34H,7-8H2,1-6H3. The molecule has 0 aromatic heterocycles. The highest BCUT2D eigenvalue weighted by atomic mass is 15.1. The third-order valence-electron chi connectivity index (χ3n) is 11.0. The molecule has 0 N–H and O–H groups in total. The van der Waals surface area contributed by atoms with Gasteiger partial charge in [0.1, 0.15) is 0 Å². The minimum atomic E-state index is 0.157. The van der Waals surface area contributed by atoms with Gasteiger partial charge in [-0.3, -0.25) is 0 Å². The molecule has 0 amide bonds. The molecule has 0 saturated carbocycles. The summed E-state index contributed by atoms with van der Waals surface area (Å²) in [5.41, 5.74) is 14.6. The van der Waals surface area contributed by atoms with Gasteiger partial charge in [0.05, 0.1) is 0 Å². The van der Waals surface area contributed by atoms with Gasteiger partial charge in [0, 0.05) is 35.5 Å². The number of rotatable bonds is 10. The lowest BCUT2D eigenvalue weighted by atomic mass is 9.78. The average molecular weight is 665 g/mol. The van der Waals surface area contributed by atoms with E-state index in [-0.39, 0.29) is 5.41 Å². The summed E-state index contributed by atoms with van der Waals surface area (Å²) < 4.78 is 0. The van der Waals surface area contributed by atoms with Gasteiger partial charge in [-0.2, -0.15) is 0 Å². The van der Waals surface area contributed by atoms with Crippen molar-refractivity contribution in [3.05, 3.63) is 174 Å². The molecule has 0 bridgehead atoms. The molecule has 0 aliphatic heterocycles. The van der Waals surface area contributed by atoms with Crippen LogP contribution in [0.5, 0.6) is 0 Å². The van der Waals surface area contributed by atoms with E-state index in [4.69, 9.17) is 0 Å². The van der Waals surface area contributed by atoms with Crippen LogP contribution in [0.15, 0.2) is 158 Å². The van der Waals surface area contributed by atoms with Gasteiger partial charge in [0.15, 0.2) is 0 Å². The number of hydrogen-bond acceptors (Lipinski definition) is 2. The molecule has 7 aromatic rings. The Morgan fingerprint density at radius 1 is 0.451 bits per heavy atom. The number of fused-ring (bicyclic) bond motifs is 1. The van der Waals surface area contributed by atoms with Crippen molar-refractivity contribution in [3.63, 3.8) is 0 Å². The van der Waals surface area contributed by atoms with Crippen molar-refractivity contribution in [1.82, 2.24) is 0 Å². The van der Waals surface area contributed by atoms with Crippen molar-refractivity contribution < 1.29 is 0 Å². The molecule has 0 fully saturated rings. The van der Waals surface area contributed by atoms with E-state index in [9.17, 15) is 0 Å². The maximum atomic E-state index is 2.42. The van der Waals surface area contributed by atoms with Crippen molar-refractivity contribution in [3.8, 4) is 22.3 Å². The number of anilines is 5. The minimum absolute atomic E-state index is 0.157. The van der Waals surface area contributed by atoms with E-state index in [1.54, 1.807) is 0 Å². The van der Waals surface area contributed by atoms with Gasteiger partial charge in [-0.1, -0.05) is 129 Å². The smallest absolute Gasteiger partial charge is 0.0474 e. The van der Waals surface area contributed by atoms with Gasteiger partial charge < -0.3 is 9.80 Å². The zero-order valence-corrected chi connectivity index (χ0v) is 30.8. The fourth-order valence-corrected chi connectivity index (χ4v) is 7.20. The molecule has 0 spiro atoms. The van der Waals surface area contributed by atoms with Gasteiger partial charge >= 0.3 is 0 Å². The van der Waals surface area contributed by atoms with Crippen molar-refractivity contribution in [2.24, 2.45) is 0 Å². The Labute approximate surface area is 304 Å². The quantitative estimate of drug-likeness (QED) is 0.144. The Bertz CT molecular complexity index is 2230. The molecule has 7 rings (SSSR count). The first-order chi connectivity index (χ1) is 24.8. The van der Waals surface area contributed by atoms with Crippen LogP contribution >= 0.6 is 0 Å². The molecule has 0 radical (unpaired) electrons. The molecule has 0 heterocycles. The van der Waals surface area contributed by atoms with Crippen LogP contribution in [0, 0.1) is 13.8 Å². The molecule has 0 saturated heterocycles. The third kappa shape index (κ3) is 6.79. The summed E-state index contributed by atoms with van der Waals surface area (Å²) in [6, 6.07) is 58.2. The predicted molar refractivity (Wildman–Crippen MR) is 221 cm³/mol. The number of hydrogen-bond donors (Lipinski definition) is 0. The van der Waals surface area contributed by atoms with Gasteiger partial charge in [-0.15, -0.1) is 0 Å². The van der Waals surface area contributed by atoms with Crippen molar-refractivity contribution in [2.45, 2.75) is 52.9 Å². The summed E-state index contributed by atoms with van der Waals surface area (Å²) in [5.74, 6) is 0. The highest BCUT2D eigenvalue weighted by Gasteiger charge is 2.24. The summed E-state index contributed by atoms with van der Waals surface area (Å²) in [6.07, 6.45) is 2.22. The normalized spacial score (nSPS) is 11.5. The van der Waals surface area contributed by atoms with E-state index in [1.807, 2.05) is 0 Å². The summed E-state index contributed by atoms with van der Waals surface area (Å²) >= 11 is 0. The molecule has 0 atom stereocenters. The van der Waals surface area contributed by atoms with Gasteiger partial charge in [-0.25, -0.2) is 0 Å². The van der Waals surface area contributed by atoms with Gasteiger partial charge in [0.2, 0.25) is 0 Å². The first-order valence-corrected chi connectivity index (χ1v) is 18.3. The van der Waals surface area contributed by atoms with Crippen LogP contribution in [0.3, 0.4) is 0 Å². The van der Waals surface area contributed by atoms with Crippen molar-refractivity contribution in [1.29, 1.82) is 0 Å². The number of nitrogens with zero attached hydrogens (tertiary/aromatic N) is 2. The molecular weight excluding hydrogens is 617 g/mol. The second-order valence-corrected chi connectivity index (χ2v) is 14.2. The van der Waals surface area contributed by atoms with Crippen LogP contribution in [0.4, 0.5) is 28.4 Å². The van der Waals surface area contributed by atoms with E-state index in [0.29, 0.717) is 0 Å². The molecule has 2 heteroatoms. The van der Waals surface area contributed by atoms with E-state index in [2.05, 4.69) is 209 Å². The molecule has 7 aromatic carbocycles. The first kappa shape index (κ1) is 33.9. The summed E-state index contributed by atoms with van der Waals surface area (Å²) in [6.45, 7) is 11.3. The second kappa shape index (κ2) is 14.3. The number of aryl methyl sites for hydroxylation is 2. The molecular formula is C49H48N2. The van der Waals surface area contributed by atoms with Crippen LogP contribution in [0.25, 0.3) is 33.0 Å². The lowest BCUT2D eigenvalue weighted by Crippen LogP contribution is -2.19. The van der Waals surface area contributed by atoms with E-state index < -0.39 is 0 Å². The average Bonchev–Trinajstić information content (AvgIpc) is 3.18. The molecule has 51 heavy (non-hydrogen) atoms. The number of benzene rings is 7. The maximum absolute atomic E-state index is 2.42. The Hall–Kier alpha value is -5.60. The van der Waals surface area contributed by atoms with Gasteiger partial charge in [-0.05, 0) is 131 Å². The summed E-state index contributed by atoms with van der Waals surface area (Å²) in [5, 5.41) is 2.44. The highest BCUT2D eigenvalue weighted by molar-refractivity contribution is 6.09. The SMILES string of the molecule is CCC(C)(CC)c1ccc(N(c2ccc(C)cc2)c2cc(-c3ccccc3)c3cc(N(C)c4ccc(C)cc4)cc(-c4ccccc4)c3c2)cc1. The molecule has 0 aliphatic rings. The third-order valence-corrected chi connectivity index (χ3v) is 11.0. The summed E-state index contributed by atoms with van der Waals surface area (Å²) in [4.78, 5) is 4.72. The second-order valence-electron chi connectivity index (χ2n) is 14.2. The fraction of sp³-hybridized carbons (Fsp3) is 0.184. The molecule has 0 unspecified atom stereocenters. The highest BCUT2D eigenvalue weighted by Crippen LogP contribution is 2.45. The van der Waals surface area contributed by atoms with Crippen LogP contribution in [0.2, 0.25) is 0 Å². The van der Waals surface area contributed by atoms with Crippen molar-refractivity contribution >= 4 is 39.2 Å². The Kier molecular flexibility index (Phi) is 9.52. The van der Waals surface area contributed by atoms with Crippen LogP contribution in [-0.4, -0.2) is 7.05 Å². The largest absolute Gasteiger partial charge is 0.345 e. The van der Waals surface area contributed by atoms with E-state index >= 15 is 0 Å². The zero-order chi connectivity index (χ0) is 35.5.